The molecule has 1 aromatic heterocycles. The molecule has 2 rings (SSSR count). The maximum atomic E-state index is 11.7. The van der Waals surface area contributed by atoms with Gasteiger partial charge in [0, 0.05) is 30.6 Å². The number of hydrogen-bond acceptors (Lipinski definition) is 3. The third kappa shape index (κ3) is 5.86. The first-order chi connectivity index (χ1) is 10.3. The molecule has 1 unspecified atom stereocenters. The van der Waals surface area contributed by atoms with Gasteiger partial charge in [-0.05, 0) is 43.7 Å². The van der Waals surface area contributed by atoms with Gasteiger partial charge in [0.05, 0.1) is 0 Å². The van der Waals surface area contributed by atoms with Gasteiger partial charge in [0.25, 0.3) is 0 Å². The minimum absolute atomic E-state index is 0.00322. The first-order valence-corrected chi connectivity index (χ1v) is 8.48. The molecule has 114 valence electrons. The molecule has 1 atom stereocenters. The highest BCUT2D eigenvalue weighted by molar-refractivity contribution is 7.09. The molecule has 1 amide bonds. The Morgan fingerprint density at radius 2 is 2.43 bits per heavy atom. The van der Waals surface area contributed by atoms with Crippen molar-refractivity contribution in [1.29, 1.82) is 0 Å². The quantitative estimate of drug-likeness (QED) is 0.646. The summed E-state index contributed by atoms with van der Waals surface area (Å²) < 4.78 is 0. The number of likely N-dealkylation sites (tertiary alicyclic amines) is 1. The highest BCUT2D eigenvalue weighted by Crippen LogP contribution is 2.19. The van der Waals surface area contributed by atoms with Gasteiger partial charge in [-0.25, -0.2) is 0 Å². The first-order valence-electron chi connectivity index (χ1n) is 7.60. The van der Waals surface area contributed by atoms with Crippen molar-refractivity contribution >= 4 is 17.2 Å². The lowest BCUT2D eigenvalue weighted by molar-refractivity contribution is -0.116. The molecule has 1 fully saturated rings. The molecule has 0 spiro atoms. The van der Waals surface area contributed by atoms with Crippen LogP contribution in [0.5, 0.6) is 0 Å². The Morgan fingerprint density at radius 3 is 3.19 bits per heavy atom. The second-order valence-corrected chi connectivity index (χ2v) is 6.49. The van der Waals surface area contributed by atoms with Crippen LogP contribution in [0.15, 0.2) is 41.8 Å². The Hall–Kier alpha value is -1.39. The van der Waals surface area contributed by atoms with Crippen molar-refractivity contribution in [1.82, 2.24) is 10.2 Å². The van der Waals surface area contributed by atoms with Crippen molar-refractivity contribution in [3.05, 3.63) is 46.7 Å². The molecule has 0 saturated carbocycles. The summed E-state index contributed by atoms with van der Waals surface area (Å²) >= 11 is 1.82. The van der Waals surface area contributed by atoms with Gasteiger partial charge in [0.1, 0.15) is 0 Å². The van der Waals surface area contributed by atoms with Gasteiger partial charge in [0.15, 0.2) is 0 Å². The summed E-state index contributed by atoms with van der Waals surface area (Å²) in [6, 6.07) is 4.31. The zero-order valence-corrected chi connectivity index (χ0v) is 13.4. The van der Waals surface area contributed by atoms with E-state index in [0.717, 1.165) is 19.6 Å². The lowest BCUT2D eigenvalue weighted by Gasteiger charge is -2.32. The maximum Gasteiger partial charge on any atom is 0.243 e. The van der Waals surface area contributed by atoms with E-state index in [1.807, 2.05) is 30.4 Å². The van der Waals surface area contributed by atoms with Crippen molar-refractivity contribution < 1.29 is 4.79 Å². The fourth-order valence-electron chi connectivity index (χ4n) is 2.64. The number of nitrogens with one attached hydrogen (secondary N) is 1. The lowest BCUT2D eigenvalue weighted by atomic mass is 9.98. The van der Waals surface area contributed by atoms with Crippen LogP contribution in [0.25, 0.3) is 0 Å². The molecule has 1 aliphatic heterocycles. The van der Waals surface area contributed by atoms with E-state index in [0.29, 0.717) is 5.92 Å². The minimum Gasteiger partial charge on any atom is -0.352 e. The first kappa shape index (κ1) is 16.0. The average Bonchev–Trinajstić information content (AvgIpc) is 2.99. The average molecular weight is 304 g/mol. The number of hydrogen-bond donors (Lipinski definition) is 1. The van der Waals surface area contributed by atoms with Gasteiger partial charge in [-0.3, -0.25) is 9.69 Å². The van der Waals surface area contributed by atoms with E-state index < -0.39 is 0 Å². The van der Waals surface area contributed by atoms with E-state index in [2.05, 4.69) is 27.7 Å². The molecule has 0 aromatic carbocycles. The second-order valence-electron chi connectivity index (χ2n) is 5.45. The number of thiophene rings is 1. The summed E-state index contributed by atoms with van der Waals surface area (Å²) in [6.45, 7) is 6.01. The molecule has 4 heteroatoms. The Labute approximate surface area is 131 Å². The molecule has 1 aromatic rings. The third-order valence-electron chi connectivity index (χ3n) is 3.68. The van der Waals surface area contributed by atoms with Crippen LogP contribution in [0.1, 0.15) is 24.6 Å². The molecule has 0 bridgehead atoms. The number of carbonyl (C=O) groups excluding carboxylic acids is 1. The molecule has 1 N–H and O–H groups in total. The predicted molar refractivity (Wildman–Crippen MR) is 89.3 cm³/mol. The normalized spacial score (nSPS) is 20.3. The summed E-state index contributed by atoms with van der Waals surface area (Å²) in [7, 11) is 0. The number of rotatable bonds is 6. The van der Waals surface area contributed by atoms with Crippen LogP contribution in [-0.2, 0) is 11.3 Å². The molecular weight excluding hydrogens is 280 g/mol. The highest BCUT2D eigenvalue weighted by Gasteiger charge is 2.20. The fourth-order valence-corrected chi connectivity index (χ4v) is 3.39. The van der Waals surface area contributed by atoms with Crippen LogP contribution in [0, 0.1) is 5.92 Å². The summed E-state index contributed by atoms with van der Waals surface area (Å²) in [5, 5.41) is 5.14. The molecular formula is C17H24N2OS. The molecule has 0 aliphatic carbocycles. The molecule has 1 saturated heterocycles. The van der Waals surface area contributed by atoms with Gasteiger partial charge in [-0.15, -0.1) is 11.3 Å². The summed E-state index contributed by atoms with van der Waals surface area (Å²) in [4.78, 5) is 15.6. The predicted octanol–water partition coefficient (Wildman–Crippen LogP) is 3.21. The van der Waals surface area contributed by atoms with Crippen LogP contribution in [-0.4, -0.2) is 30.4 Å². The van der Waals surface area contributed by atoms with Crippen LogP contribution in [0.4, 0.5) is 0 Å². The van der Waals surface area contributed by atoms with Gasteiger partial charge >= 0.3 is 0 Å². The highest BCUT2D eigenvalue weighted by atomic mass is 32.1. The number of carbonyl (C=O) groups is 1. The summed E-state index contributed by atoms with van der Waals surface area (Å²) in [5.41, 5.74) is 0. The molecule has 2 heterocycles. The maximum absolute atomic E-state index is 11.7. The van der Waals surface area contributed by atoms with Gasteiger partial charge in [0.2, 0.25) is 5.91 Å². The van der Waals surface area contributed by atoms with E-state index in [4.69, 9.17) is 0 Å². The third-order valence-corrected chi connectivity index (χ3v) is 4.54. The molecule has 1 aliphatic rings. The van der Waals surface area contributed by atoms with Crippen LogP contribution in [0.2, 0.25) is 0 Å². The molecule has 0 radical (unpaired) electrons. The fraction of sp³-hybridized carbons (Fsp3) is 0.471. The van der Waals surface area contributed by atoms with Gasteiger partial charge in [-0.2, -0.15) is 0 Å². The van der Waals surface area contributed by atoms with Crippen molar-refractivity contribution in [2.24, 2.45) is 5.92 Å². The van der Waals surface area contributed by atoms with Crippen molar-refractivity contribution in [2.45, 2.75) is 26.3 Å². The monoisotopic (exact) mass is 304 g/mol. The van der Waals surface area contributed by atoms with E-state index in [1.165, 1.54) is 24.3 Å². The van der Waals surface area contributed by atoms with Crippen LogP contribution in [0.3, 0.4) is 0 Å². The largest absolute Gasteiger partial charge is 0.352 e. The van der Waals surface area contributed by atoms with E-state index in [1.54, 1.807) is 12.2 Å². The Kier molecular flexibility index (Phi) is 6.70. The smallest absolute Gasteiger partial charge is 0.243 e. The number of amides is 1. The number of piperidine rings is 1. The zero-order chi connectivity index (χ0) is 14.9. The van der Waals surface area contributed by atoms with Crippen molar-refractivity contribution in [3.8, 4) is 0 Å². The standard InChI is InChI=1S/C17H24N2OS/c1-2-3-4-9-17(20)18-12-15-7-5-10-19(13-15)14-16-8-6-11-21-16/h2-4,6,8-9,11,15H,5,7,10,12-14H2,1H3,(H,18,20). The van der Waals surface area contributed by atoms with E-state index >= 15 is 0 Å². The SMILES string of the molecule is CC=CC=CC(=O)NCC1CCCN(Cc2cccs2)C1. The van der Waals surface area contributed by atoms with Crippen molar-refractivity contribution in [3.63, 3.8) is 0 Å². The minimum atomic E-state index is 0.00322. The van der Waals surface area contributed by atoms with E-state index in [9.17, 15) is 4.79 Å². The van der Waals surface area contributed by atoms with Crippen LogP contribution < -0.4 is 5.32 Å². The summed E-state index contributed by atoms with van der Waals surface area (Å²) in [5.74, 6) is 0.571. The van der Waals surface area contributed by atoms with Crippen molar-refractivity contribution in [2.75, 3.05) is 19.6 Å². The van der Waals surface area contributed by atoms with Gasteiger partial charge < -0.3 is 5.32 Å². The summed E-state index contributed by atoms with van der Waals surface area (Å²) in [6.07, 6.45) is 9.57. The van der Waals surface area contributed by atoms with E-state index in [-0.39, 0.29) is 5.91 Å². The Morgan fingerprint density at radius 1 is 1.52 bits per heavy atom. The second kappa shape index (κ2) is 8.80. The Balaban J connectivity index is 1.72. The Bertz CT molecular complexity index is 479. The lowest BCUT2D eigenvalue weighted by Crippen LogP contribution is -2.40. The molecule has 21 heavy (non-hydrogen) atoms. The number of allylic oxidation sites excluding steroid dienone is 3. The van der Waals surface area contributed by atoms with Gasteiger partial charge in [-0.1, -0.05) is 24.3 Å². The van der Waals surface area contributed by atoms with Crippen LogP contribution >= 0.6 is 11.3 Å². The topological polar surface area (TPSA) is 32.3 Å². The zero-order valence-electron chi connectivity index (χ0n) is 12.6. The molecule has 3 nitrogen and oxygen atoms in total. The number of nitrogens with zero attached hydrogens (tertiary/aromatic N) is 1.